The third kappa shape index (κ3) is 4.18. The lowest BCUT2D eigenvalue weighted by Gasteiger charge is -2.12. The number of rotatable bonds is 5. The van der Waals surface area contributed by atoms with Crippen molar-refractivity contribution in [1.82, 2.24) is 15.6 Å². The van der Waals surface area contributed by atoms with Crippen LogP contribution in [0.1, 0.15) is 16.7 Å². The van der Waals surface area contributed by atoms with Crippen molar-refractivity contribution in [3.8, 4) is 0 Å². The highest BCUT2D eigenvalue weighted by molar-refractivity contribution is 5.83. The van der Waals surface area contributed by atoms with Gasteiger partial charge in [0.15, 0.2) is 5.96 Å². The van der Waals surface area contributed by atoms with Gasteiger partial charge in [0.1, 0.15) is 5.82 Å². The fraction of sp³-hybridized carbons (Fsp3) is 0.250. The summed E-state index contributed by atoms with van der Waals surface area (Å²) in [4.78, 5) is 7.50. The monoisotopic (exact) mass is 338 g/mol. The Hall–Kier alpha value is -2.82. The van der Waals surface area contributed by atoms with Crippen LogP contribution < -0.4 is 10.6 Å². The molecule has 2 aromatic carbocycles. The van der Waals surface area contributed by atoms with Gasteiger partial charge in [-0.3, -0.25) is 4.99 Å². The maximum Gasteiger partial charge on any atom is 0.191 e. The molecule has 3 rings (SSSR count). The zero-order chi connectivity index (χ0) is 17.6. The molecule has 0 amide bonds. The number of aryl methyl sites for hydroxylation is 1. The largest absolute Gasteiger partial charge is 0.361 e. The van der Waals surface area contributed by atoms with Gasteiger partial charge in [0.2, 0.25) is 0 Å². The first-order chi connectivity index (χ1) is 12.2. The van der Waals surface area contributed by atoms with E-state index in [1.54, 1.807) is 26.1 Å². The summed E-state index contributed by atoms with van der Waals surface area (Å²) < 4.78 is 13.6. The standard InChI is InChI=1S/C20H23FN4/c1-14-7-8-15(11-18(14)21)12-25-20(22-2)23-10-9-16-13-24-19-6-4-3-5-17(16)19/h3-8,11,13,24H,9-10,12H2,1-2H3,(H2,22,23,25). The molecule has 0 saturated heterocycles. The number of fused-ring (bicyclic) bond motifs is 1. The van der Waals surface area contributed by atoms with Crippen LogP contribution in [0, 0.1) is 12.7 Å². The van der Waals surface area contributed by atoms with Crippen molar-refractivity contribution in [3.05, 3.63) is 71.2 Å². The van der Waals surface area contributed by atoms with Crippen LogP contribution in [0.15, 0.2) is 53.7 Å². The molecule has 25 heavy (non-hydrogen) atoms. The minimum Gasteiger partial charge on any atom is -0.361 e. The van der Waals surface area contributed by atoms with Crippen LogP contribution in [0.5, 0.6) is 0 Å². The molecule has 5 heteroatoms. The summed E-state index contributed by atoms with van der Waals surface area (Å²) in [6.07, 6.45) is 2.95. The zero-order valence-corrected chi connectivity index (χ0v) is 14.6. The maximum atomic E-state index is 13.6. The van der Waals surface area contributed by atoms with Crippen LogP contribution >= 0.6 is 0 Å². The van der Waals surface area contributed by atoms with Crippen molar-refractivity contribution < 1.29 is 4.39 Å². The number of aromatic amines is 1. The molecule has 1 heterocycles. The van der Waals surface area contributed by atoms with Crippen LogP contribution in [-0.2, 0) is 13.0 Å². The number of hydrogen-bond donors (Lipinski definition) is 3. The van der Waals surface area contributed by atoms with E-state index in [1.165, 1.54) is 10.9 Å². The molecule has 0 spiro atoms. The Labute approximate surface area is 147 Å². The Kier molecular flexibility index (Phi) is 5.33. The van der Waals surface area contributed by atoms with Gasteiger partial charge in [0, 0.05) is 37.2 Å². The molecule has 1 aromatic heterocycles. The van der Waals surface area contributed by atoms with Gasteiger partial charge in [-0.2, -0.15) is 0 Å². The van der Waals surface area contributed by atoms with Crippen molar-refractivity contribution in [3.63, 3.8) is 0 Å². The van der Waals surface area contributed by atoms with Crippen LogP contribution in [0.4, 0.5) is 4.39 Å². The average molecular weight is 338 g/mol. The first-order valence-electron chi connectivity index (χ1n) is 8.42. The topological polar surface area (TPSA) is 52.2 Å². The number of nitrogens with zero attached hydrogens (tertiary/aromatic N) is 1. The summed E-state index contributed by atoms with van der Waals surface area (Å²) >= 11 is 0. The highest BCUT2D eigenvalue weighted by atomic mass is 19.1. The Bertz CT molecular complexity index is 882. The molecule has 0 bridgehead atoms. The van der Waals surface area contributed by atoms with E-state index in [-0.39, 0.29) is 5.82 Å². The van der Waals surface area contributed by atoms with Gasteiger partial charge < -0.3 is 15.6 Å². The van der Waals surface area contributed by atoms with Crippen LogP contribution in [0.3, 0.4) is 0 Å². The smallest absolute Gasteiger partial charge is 0.191 e. The molecule has 130 valence electrons. The molecule has 3 N–H and O–H groups in total. The van der Waals surface area contributed by atoms with Crippen LogP contribution in [0.2, 0.25) is 0 Å². The molecule has 0 saturated carbocycles. The molecule has 0 fully saturated rings. The summed E-state index contributed by atoms with van der Waals surface area (Å²) in [5, 5.41) is 7.77. The van der Waals surface area contributed by atoms with E-state index in [0.29, 0.717) is 18.1 Å². The number of halogens is 1. The molecule has 0 unspecified atom stereocenters. The summed E-state index contributed by atoms with van der Waals surface area (Å²) in [6.45, 7) is 3.06. The van der Waals surface area contributed by atoms with Crippen molar-refractivity contribution in [2.24, 2.45) is 4.99 Å². The predicted molar refractivity (Wildman–Crippen MR) is 101 cm³/mol. The summed E-state index contributed by atoms with van der Waals surface area (Å²) in [6, 6.07) is 13.5. The van der Waals surface area contributed by atoms with Gasteiger partial charge in [-0.1, -0.05) is 30.3 Å². The van der Waals surface area contributed by atoms with Crippen LogP contribution in [-0.4, -0.2) is 24.5 Å². The number of para-hydroxylation sites is 1. The molecule has 0 radical (unpaired) electrons. The second-order valence-corrected chi connectivity index (χ2v) is 6.05. The van der Waals surface area contributed by atoms with E-state index in [9.17, 15) is 4.39 Å². The van der Waals surface area contributed by atoms with Gasteiger partial charge in [0.05, 0.1) is 0 Å². The fourth-order valence-electron chi connectivity index (χ4n) is 2.81. The molecular weight excluding hydrogens is 315 g/mol. The second kappa shape index (κ2) is 7.83. The quantitative estimate of drug-likeness (QED) is 0.492. The molecule has 0 aliphatic carbocycles. The molecule has 3 aromatic rings. The van der Waals surface area contributed by atoms with Crippen molar-refractivity contribution >= 4 is 16.9 Å². The molecule has 4 nitrogen and oxygen atoms in total. The lowest BCUT2D eigenvalue weighted by molar-refractivity contribution is 0.615. The van der Waals surface area contributed by atoms with Crippen molar-refractivity contribution in [1.29, 1.82) is 0 Å². The number of hydrogen-bond acceptors (Lipinski definition) is 1. The highest BCUT2D eigenvalue weighted by Gasteiger charge is 2.04. The van der Waals surface area contributed by atoms with E-state index in [2.05, 4.69) is 38.9 Å². The Morgan fingerprint density at radius 1 is 1.16 bits per heavy atom. The average Bonchev–Trinajstić information content (AvgIpc) is 3.04. The number of aliphatic imine (C=N–C) groups is 1. The lowest BCUT2D eigenvalue weighted by atomic mass is 10.1. The fourth-order valence-corrected chi connectivity index (χ4v) is 2.81. The number of guanidine groups is 1. The summed E-state index contributed by atoms with van der Waals surface area (Å²) in [7, 11) is 1.73. The number of H-pyrrole nitrogens is 1. The van der Waals surface area contributed by atoms with E-state index >= 15 is 0 Å². The normalized spacial score (nSPS) is 11.7. The number of benzene rings is 2. The lowest BCUT2D eigenvalue weighted by Crippen LogP contribution is -2.37. The Morgan fingerprint density at radius 3 is 2.80 bits per heavy atom. The minimum atomic E-state index is -0.179. The van der Waals surface area contributed by atoms with E-state index < -0.39 is 0 Å². The summed E-state index contributed by atoms with van der Waals surface area (Å²) in [5.41, 5.74) is 3.98. The highest BCUT2D eigenvalue weighted by Crippen LogP contribution is 2.17. The Balaban J connectivity index is 1.51. The van der Waals surface area contributed by atoms with Crippen molar-refractivity contribution in [2.45, 2.75) is 19.9 Å². The van der Waals surface area contributed by atoms with E-state index in [0.717, 1.165) is 24.0 Å². The molecule has 0 aliphatic rings. The first kappa shape index (κ1) is 17.0. The van der Waals surface area contributed by atoms with E-state index in [4.69, 9.17) is 0 Å². The van der Waals surface area contributed by atoms with Crippen LogP contribution in [0.25, 0.3) is 10.9 Å². The van der Waals surface area contributed by atoms with Gasteiger partial charge in [-0.15, -0.1) is 0 Å². The Morgan fingerprint density at radius 2 is 2.00 bits per heavy atom. The SMILES string of the molecule is CN=C(NCCc1c[nH]c2ccccc12)NCc1ccc(C)c(F)c1. The van der Waals surface area contributed by atoms with Crippen molar-refractivity contribution in [2.75, 3.05) is 13.6 Å². The number of aromatic nitrogens is 1. The minimum absolute atomic E-state index is 0.179. The third-order valence-electron chi connectivity index (χ3n) is 4.28. The predicted octanol–water partition coefficient (Wildman–Crippen LogP) is 3.52. The first-order valence-corrected chi connectivity index (χ1v) is 8.42. The zero-order valence-electron chi connectivity index (χ0n) is 14.6. The van der Waals surface area contributed by atoms with Gasteiger partial charge >= 0.3 is 0 Å². The van der Waals surface area contributed by atoms with Gasteiger partial charge in [-0.25, -0.2) is 4.39 Å². The van der Waals surface area contributed by atoms with Gasteiger partial charge in [0.25, 0.3) is 0 Å². The molecule has 0 atom stereocenters. The van der Waals surface area contributed by atoms with Gasteiger partial charge in [-0.05, 0) is 42.2 Å². The second-order valence-electron chi connectivity index (χ2n) is 6.05. The summed E-state index contributed by atoms with van der Waals surface area (Å²) in [5.74, 6) is 0.530. The molecular formula is C20H23FN4. The third-order valence-corrected chi connectivity index (χ3v) is 4.28. The van der Waals surface area contributed by atoms with E-state index in [1.807, 2.05) is 18.2 Å². The molecule has 0 aliphatic heterocycles. The maximum absolute atomic E-state index is 13.6. The number of nitrogens with one attached hydrogen (secondary N) is 3.